The second-order valence-electron chi connectivity index (χ2n) is 38.9. The molecule has 8 heteroatoms. The average Bonchev–Trinajstić information content (AvgIpc) is 0.691. The summed E-state index contributed by atoms with van der Waals surface area (Å²) in [7, 11) is 0. The van der Waals surface area contributed by atoms with Crippen molar-refractivity contribution in [3.63, 3.8) is 0 Å². The van der Waals surface area contributed by atoms with Gasteiger partial charge in [0.25, 0.3) is 0 Å². The molecule has 0 unspecified atom stereocenters. The standard InChI is InChI=1S/C98H108B2N4S2/c1-91(2,3)61-45-62(92(4,5)6)48-71(47-61)103-79-53-65(95(13,14)15)51-75(97(19,20)21)87(79)99-77-59-78-84(60-83(77)105-85-57-73(55-81(103)89(85)99)101(67-37-29-25-30-38-67)68-39-31-26-32-40-68)106-86-58-74(102(69-41-33-27-34-42-69)70-43-35-28-36-44-70)56-82-90(86)100(78)88-76(98(22,23)24)52-66(96(16,17)18)54-80(88)104(82)72-49-63(93(7,8)9)46-64(50-72)94(10,11)12/h25-60H,1-24H3. The summed E-state index contributed by atoms with van der Waals surface area (Å²) in [5.41, 5.74) is 31.8. The zero-order valence-electron chi connectivity index (χ0n) is 67.5. The molecule has 4 aliphatic heterocycles. The van der Waals surface area contributed by atoms with Crippen molar-refractivity contribution in [1.29, 1.82) is 0 Å². The van der Waals surface area contributed by atoms with Crippen molar-refractivity contribution < 1.29 is 0 Å². The third-order valence-corrected chi connectivity index (χ3v) is 24.8. The van der Waals surface area contributed by atoms with Gasteiger partial charge in [0.2, 0.25) is 13.4 Å². The van der Waals surface area contributed by atoms with Crippen LogP contribution >= 0.6 is 23.5 Å². The first-order valence-corrected chi connectivity index (χ1v) is 40.2. The van der Waals surface area contributed by atoms with Gasteiger partial charge < -0.3 is 19.6 Å². The number of hydrogen-bond donors (Lipinski definition) is 0. The summed E-state index contributed by atoms with van der Waals surface area (Å²) in [5, 5.41) is 0. The Balaban J connectivity index is 1.09. The van der Waals surface area contributed by atoms with Gasteiger partial charge in [0.15, 0.2) is 0 Å². The average molecular weight is 1430 g/mol. The molecule has 538 valence electrons. The Labute approximate surface area is 645 Å². The van der Waals surface area contributed by atoms with Gasteiger partial charge in [-0.1, -0.05) is 304 Å². The molecule has 0 fully saturated rings. The van der Waals surface area contributed by atoms with E-state index in [0.717, 1.165) is 34.1 Å². The van der Waals surface area contributed by atoms with E-state index in [1.807, 2.05) is 23.5 Å². The van der Waals surface area contributed by atoms with E-state index in [2.05, 4.69) is 404 Å². The van der Waals surface area contributed by atoms with Crippen molar-refractivity contribution in [2.75, 3.05) is 19.6 Å². The molecule has 15 rings (SSSR count). The monoisotopic (exact) mass is 1430 g/mol. The normalized spacial score (nSPS) is 14.3. The lowest BCUT2D eigenvalue weighted by Crippen LogP contribution is -2.65. The molecule has 0 saturated carbocycles. The van der Waals surface area contributed by atoms with E-state index in [1.165, 1.54) is 131 Å². The fraction of sp³-hybridized carbons (Fsp3) is 0.327. The Morgan fingerprint density at radius 3 is 0.764 bits per heavy atom. The largest absolute Gasteiger partial charge is 0.311 e. The number of para-hydroxylation sites is 4. The van der Waals surface area contributed by atoms with Crippen molar-refractivity contribution in [3.05, 3.63) is 263 Å². The predicted molar refractivity (Wildman–Crippen MR) is 465 cm³/mol. The summed E-state index contributed by atoms with van der Waals surface area (Å²) in [6.45, 7) is 57.6. The van der Waals surface area contributed by atoms with Gasteiger partial charge in [0.05, 0.1) is 0 Å². The van der Waals surface area contributed by atoms with Crippen molar-refractivity contribution in [3.8, 4) is 0 Å². The quantitative estimate of drug-likeness (QED) is 0.140. The zero-order valence-corrected chi connectivity index (χ0v) is 69.2. The third kappa shape index (κ3) is 13.0. The van der Waals surface area contributed by atoms with Gasteiger partial charge in [-0.3, -0.25) is 0 Å². The van der Waals surface area contributed by atoms with Crippen molar-refractivity contribution in [2.24, 2.45) is 0 Å². The second kappa shape index (κ2) is 25.6. The lowest BCUT2D eigenvalue weighted by molar-refractivity contribution is 0.568. The van der Waals surface area contributed by atoms with Crippen LogP contribution in [0.25, 0.3) is 0 Å². The van der Waals surface area contributed by atoms with Gasteiger partial charge in [0, 0.05) is 87.8 Å². The maximum atomic E-state index is 2.77. The summed E-state index contributed by atoms with van der Waals surface area (Å²) in [6, 6.07) is 85.4. The number of hydrogen-bond acceptors (Lipinski definition) is 6. The minimum Gasteiger partial charge on any atom is -0.311 e. The molecule has 11 aromatic rings. The molecule has 106 heavy (non-hydrogen) atoms. The molecular formula is C98H108B2N4S2. The fourth-order valence-corrected chi connectivity index (χ4v) is 19.1. The van der Waals surface area contributed by atoms with E-state index < -0.39 is 0 Å². The van der Waals surface area contributed by atoms with Gasteiger partial charge in [-0.15, -0.1) is 0 Å². The first-order valence-electron chi connectivity index (χ1n) is 38.6. The Bertz CT molecular complexity index is 4800. The topological polar surface area (TPSA) is 13.0 Å². The highest BCUT2D eigenvalue weighted by atomic mass is 32.2. The van der Waals surface area contributed by atoms with Crippen LogP contribution in [-0.2, 0) is 43.3 Å². The molecule has 0 N–H and O–H groups in total. The lowest BCUT2D eigenvalue weighted by Gasteiger charge is -2.46. The minimum atomic E-state index is -0.251. The molecule has 4 aliphatic rings. The van der Waals surface area contributed by atoms with Gasteiger partial charge in [0.1, 0.15) is 0 Å². The minimum absolute atomic E-state index is 0.128. The van der Waals surface area contributed by atoms with Crippen LogP contribution < -0.4 is 52.4 Å². The van der Waals surface area contributed by atoms with Gasteiger partial charge in [-0.2, -0.15) is 0 Å². The van der Waals surface area contributed by atoms with Crippen LogP contribution in [0, 0.1) is 0 Å². The molecule has 0 radical (unpaired) electrons. The SMILES string of the molecule is CC(C)(C)c1cc(N2c3cc(N(c4ccccc4)c4ccccc4)cc4c3B(c3cc5c(cc3S4)Sc3cc(N(c4ccccc4)c4ccccc4)cc4c3B5c3c(cc(C(C)(C)C)cc3C(C)(C)C)N4c3cc(C(C)(C)C)cc(C(C)(C)C)c3)c3c2cc(C(C)(C)C)cc3C(C)(C)C)cc(C(C)(C)C)c1. The molecule has 0 saturated heterocycles. The molecule has 11 aromatic carbocycles. The van der Waals surface area contributed by atoms with Crippen LogP contribution in [0.2, 0.25) is 0 Å². The van der Waals surface area contributed by atoms with E-state index in [-0.39, 0.29) is 56.7 Å². The fourth-order valence-electron chi connectivity index (χ4n) is 16.5. The van der Waals surface area contributed by atoms with E-state index >= 15 is 0 Å². The highest BCUT2D eigenvalue weighted by molar-refractivity contribution is 8.01. The molecule has 0 amide bonds. The molecule has 0 aliphatic carbocycles. The third-order valence-electron chi connectivity index (χ3n) is 22.6. The van der Waals surface area contributed by atoms with Crippen LogP contribution in [0.4, 0.5) is 68.2 Å². The predicted octanol–water partition coefficient (Wildman–Crippen LogP) is 24.5. The number of fused-ring (bicyclic) bond motifs is 8. The molecular weight excluding hydrogens is 1320 g/mol. The Morgan fingerprint density at radius 1 is 0.236 bits per heavy atom. The Hall–Kier alpha value is -8.55. The van der Waals surface area contributed by atoms with Crippen LogP contribution in [0.15, 0.2) is 238 Å². The first-order chi connectivity index (χ1) is 49.6. The van der Waals surface area contributed by atoms with Crippen LogP contribution in [0.5, 0.6) is 0 Å². The summed E-state index contributed by atoms with van der Waals surface area (Å²) in [4.78, 5) is 15.6. The van der Waals surface area contributed by atoms with Crippen molar-refractivity contribution >= 4 is 138 Å². The Morgan fingerprint density at radius 2 is 0.500 bits per heavy atom. The maximum absolute atomic E-state index is 2.77. The summed E-state index contributed by atoms with van der Waals surface area (Å²) in [6.07, 6.45) is 0. The van der Waals surface area contributed by atoms with Crippen LogP contribution in [0.3, 0.4) is 0 Å². The molecule has 0 spiro atoms. The smallest absolute Gasteiger partial charge is 0.249 e. The lowest BCUT2D eigenvalue weighted by atomic mass is 9.30. The molecule has 0 bridgehead atoms. The number of benzene rings is 11. The first kappa shape index (κ1) is 73.0. The van der Waals surface area contributed by atoms with Gasteiger partial charge in [-0.05, 0) is 225 Å². The molecule has 0 aromatic heterocycles. The maximum Gasteiger partial charge on any atom is 0.249 e. The number of rotatable bonds is 8. The number of anilines is 12. The molecule has 4 nitrogen and oxygen atoms in total. The Kier molecular flexibility index (Phi) is 17.6. The van der Waals surface area contributed by atoms with E-state index in [1.54, 1.807) is 0 Å². The highest BCUT2D eigenvalue weighted by Gasteiger charge is 2.50. The van der Waals surface area contributed by atoms with Crippen molar-refractivity contribution in [2.45, 2.75) is 229 Å². The van der Waals surface area contributed by atoms with E-state index in [9.17, 15) is 0 Å². The number of nitrogens with zero attached hydrogens (tertiary/aromatic N) is 4. The van der Waals surface area contributed by atoms with Gasteiger partial charge in [-0.25, -0.2) is 0 Å². The van der Waals surface area contributed by atoms with Crippen LogP contribution in [-0.4, -0.2) is 13.4 Å². The van der Waals surface area contributed by atoms with Crippen LogP contribution in [0.1, 0.15) is 211 Å². The second-order valence-corrected chi connectivity index (χ2v) is 41.1. The summed E-state index contributed by atoms with van der Waals surface area (Å²) < 4.78 is 0. The molecule has 0 atom stereocenters. The van der Waals surface area contributed by atoms with Gasteiger partial charge >= 0.3 is 0 Å². The van der Waals surface area contributed by atoms with E-state index in [4.69, 9.17) is 0 Å². The zero-order chi connectivity index (χ0) is 75.7. The van der Waals surface area contributed by atoms with E-state index in [0.29, 0.717) is 0 Å². The summed E-state index contributed by atoms with van der Waals surface area (Å²) in [5.74, 6) is 0. The highest BCUT2D eigenvalue weighted by Crippen LogP contribution is 2.54. The molecule has 4 heterocycles. The summed E-state index contributed by atoms with van der Waals surface area (Å²) >= 11 is 3.96. The van der Waals surface area contributed by atoms with Crippen molar-refractivity contribution in [1.82, 2.24) is 0 Å².